The number of para-hydroxylation sites is 1. The molecule has 1 aromatic rings. The molecule has 1 aromatic carbocycles. The Hall–Kier alpha value is -1.57. The number of benzene rings is 1. The first-order valence-corrected chi connectivity index (χ1v) is 5.97. The third-order valence-electron chi connectivity index (χ3n) is 2.80. The van der Waals surface area contributed by atoms with Gasteiger partial charge in [-0.3, -0.25) is 4.99 Å². The molecule has 0 atom stereocenters. The van der Waals surface area contributed by atoms with Crippen molar-refractivity contribution in [3.8, 4) is 0 Å². The van der Waals surface area contributed by atoms with E-state index >= 15 is 0 Å². The largest absolute Gasteiger partial charge is 0.346 e. The van der Waals surface area contributed by atoms with Gasteiger partial charge in [0.2, 0.25) is 0 Å². The molecule has 0 saturated heterocycles. The van der Waals surface area contributed by atoms with Gasteiger partial charge in [-0.05, 0) is 12.5 Å². The molecule has 16 heavy (non-hydrogen) atoms. The summed E-state index contributed by atoms with van der Waals surface area (Å²) >= 11 is 0. The second kappa shape index (κ2) is 5.50. The lowest BCUT2D eigenvalue weighted by atomic mass is 10.1. The van der Waals surface area contributed by atoms with Crippen LogP contribution in [0.1, 0.15) is 31.7 Å². The lowest BCUT2D eigenvalue weighted by Gasteiger charge is -2.21. The second-order valence-corrected chi connectivity index (χ2v) is 4.04. The van der Waals surface area contributed by atoms with Crippen LogP contribution in [0.5, 0.6) is 0 Å². The number of aliphatic imine (C=N–C) groups is 1. The predicted octanol–water partition coefficient (Wildman–Crippen LogP) is 3.59. The van der Waals surface area contributed by atoms with E-state index in [1.54, 1.807) is 0 Å². The molecule has 1 aliphatic heterocycles. The number of fused-ring (bicyclic) bond motifs is 1. The van der Waals surface area contributed by atoms with E-state index in [0.717, 1.165) is 6.54 Å². The normalized spacial score (nSPS) is 13.7. The summed E-state index contributed by atoms with van der Waals surface area (Å²) in [7, 11) is 0. The minimum absolute atomic E-state index is 1.07. The molecule has 0 spiro atoms. The van der Waals surface area contributed by atoms with E-state index in [-0.39, 0.29) is 0 Å². The van der Waals surface area contributed by atoms with Crippen LogP contribution in [0, 0.1) is 0 Å². The number of rotatable bonds is 4. The van der Waals surface area contributed by atoms with Gasteiger partial charge in [0, 0.05) is 36.4 Å². The smallest absolute Gasteiger partial charge is 0.0495 e. The Morgan fingerprint density at radius 1 is 1.19 bits per heavy atom. The number of hydrogen-bond acceptors (Lipinski definition) is 2. The van der Waals surface area contributed by atoms with Crippen molar-refractivity contribution in [2.75, 3.05) is 11.4 Å². The summed E-state index contributed by atoms with van der Waals surface area (Å²) in [5.74, 6) is 0. The molecule has 0 aliphatic carbocycles. The molecule has 0 unspecified atom stereocenters. The molecule has 0 N–H and O–H groups in total. The Balaban J connectivity index is 2.14. The summed E-state index contributed by atoms with van der Waals surface area (Å²) in [4.78, 5) is 6.53. The predicted molar refractivity (Wildman–Crippen MR) is 70.0 cm³/mol. The van der Waals surface area contributed by atoms with E-state index in [2.05, 4.69) is 47.3 Å². The molecule has 2 rings (SSSR count). The van der Waals surface area contributed by atoms with Gasteiger partial charge in [0.25, 0.3) is 0 Å². The fourth-order valence-corrected chi connectivity index (χ4v) is 1.91. The summed E-state index contributed by atoms with van der Waals surface area (Å²) in [6.45, 7) is 3.31. The number of unbranched alkanes of at least 4 members (excludes halogenated alkanes) is 2. The molecule has 2 nitrogen and oxygen atoms in total. The molecule has 0 saturated carbocycles. The van der Waals surface area contributed by atoms with E-state index in [1.165, 1.54) is 30.5 Å². The van der Waals surface area contributed by atoms with Gasteiger partial charge in [-0.2, -0.15) is 0 Å². The molecular formula is C14H18N2. The summed E-state index contributed by atoms with van der Waals surface area (Å²) in [6, 6.07) is 8.40. The Bertz CT molecular complexity index is 393. The van der Waals surface area contributed by atoms with Gasteiger partial charge in [0.15, 0.2) is 0 Å². The van der Waals surface area contributed by atoms with Crippen LogP contribution in [-0.2, 0) is 0 Å². The third-order valence-corrected chi connectivity index (χ3v) is 2.80. The van der Waals surface area contributed by atoms with Gasteiger partial charge in [0.05, 0.1) is 0 Å². The number of hydrogen-bond donors (Lipinski definition) is 0. The zero-order valence-corrected chi connectivity index (χ0v) is 9.76. The molecule has 2 heteroatoms. The van der Waals surface area contributed by atoms with Crippen LogP contribution >= 0.6 is 0 Å². The second-order valence-electron chi connectivity index (χ2n) is 4.04. The highest BCUT2D eigenvalue weighted by atomic mass is 15.1. The number of nitrogens with zero attached hydrogens (tertiary/aromatic N) is 2. The van der Waals surface area contributed by atoms with Gasteiger partial charge >= 0.3 is 0 Å². The first-order chi connectivity index (χ1) is 7.92. The van der Waals surface area contributed by atoms with Crippen LogP contribution in [0.3, 0.4) is 0 Å². The van der Waals surface area contributed by atoms with Crippen LogP contribution in [0.2, 0.25) is 0 Å². The van der Waals surface area contributed by atoms with E-state index in [9.17, 15) is 0 Å². The van der Waals surface area contributed by atoms with Crippen molar-refractivity contribution in [1.82, 2.24) is 0 Å². The molecule has 0 aromatic heterocycles. The van der Waals surface area contributed by atoms with Crippen molar-refractivity contribution >= 4 is 11.9 Å². The molecule has 1 heterocycles. The average Bonchev–Trinajstić information content (AvgIpc) is 2.52. The fourth-order valence-electron chi connectivity index (χ4n) is 1.91. The van der Waals surface area contributed by atoms with Crippen molar-refractivity contribution in [3.05, 3.63) is 42.2 Å². The quantitative estimate of drug-likeness (QED) is 0.699. The van der Waals surface area contributed by atoms with Crippen molar-refractivity contribution in [3.63, 3.8) is 0 Å². The molecule has 0 radical (unpaired) electrons. The van der Waals surface area contributed by atoms with Crippen LogP contribution in [0.25, 0.3) is 0 Å². The maximum Gasteiger partial charge on any atom is 0.0495 e. The minimum Gasteiger partial charge on any atom is -0.346 e. The molecule has 0 fully saturated rings. The summed E-state index contributed by atoms with van der Waals surface area (Å²) in [5, 5.41) is 0. The SMILES string of the molecule is CCCCCN1C=CN=Cc2ccccc21. The Labute approximate surface area is 97.3 Å². The summed E-state index contributed by atoms with van der Waals surface area (Å²) in [6.07, 6.45) is 9.63. The van der Waals surface area contributed by atoms with E-state index in [0.29, 0.717) is 0 Å². The van der Waals surface area contributed by atoms with Crippen molar-refractivity contribution < 1.29 is 0 Å². The minimum atomic E-state index is 1.07. The van der Waals surface area contributed by atoms with Gasteiger partial charge in [-0.1, -0.05) is 38.0 Å². The first-order valence-electron chi connectivity index (χ1n) is 5.97. The maximum absolute atomic E-state index is 4.24. The van der Waals surface area contributed by atoms with E-state index in [1.807, 2.05) is 12.4 Å². The Morgan fingerprint density at radius 3 is 2.94 bits per heavy atom. The fraction of sp³-hybridized carbons (Fsp3) is 0.357. The lowest BCUT2D eigenvalue weighted by molar-refractivity contribution is 0.714. The van der Waals surface area contributed by atoms with Gasteiger partial charge in [-0.15, -0.1) is 0 Å². The molecule has 0 amide bonds. The highest BCUT2D eigenvalue weighted by Crippen LogP contribution is 2.21. The average molecular weight is 214 g/mol. The van der Waals surface area contributed by atoms with Gasteiger partial charge in [-0.25, -0.2) is 0 Å². The standard InChI is InChI=1S/C14H18N2/c1-2-3-6-10-16-11-9-15-12-13-7-4-5-8-14(13)16/h4-5,7-9,11-12H,2-3,6,10H2,1H3. The van der Waals surface area contributed by atoms with Crippen LogP contribution in [0.15, 0.2) is 41.7 Å². The highest BCUT2D eigenvalue weighted by Gasteiger charge is 2.08. The zero-order chi connectivity index (χ0) is 11.2. The van der Waals surface area contributed by atoms with Gasteiger partial charge < -0.3 is 4.90 Å². The van der Waals surface area contributed by atoms with Crippen LogP contribution < -0.4 is 4.90 Å². The summed E-state index contributed by atoms with van der Waals surface area (Å²) in [5.41, 5.74) is 2.46. The van der Waals surface area contributed by atoms with Crippen molar-refractivity contribution in [2.45, 2.75) is 26.2 Å². The van der Waals surface area contributed by atoms with E-state index < -0.39 is 0 Å². The monoisotopic (exact) mass is 214 g/mol. The third kappa shape index (κ3) is 2.51. The van der Waals surface area contributed by atoms with Crippen molar-refractivity contribution in [2.24, 2.45) is 4.99 Å². The zero-order valence-electron chi connectivity index (χ0n) is 9.76. The lowest BCUT2D eigenvalue weighted by Crippen LogP contribution is -2.18. The molecule has 84 valence electrons. The number of anilines is 1. The van der Waals surface area contributed by atoms with Crippen LogP contribution in [-0.4, -0.2) is 12.8 Å². The molecule has 1 aliphatic rings. The molecular weight excluding hydrogens is 196 g/mol. The van der Waals surface area contributed by atoms with E-state index in [4.69, 9.17) is 0 Å². The molecule has 0 bridgehead atoms. The first kappa shape index (κ1) is 10.9. The Kier molecular flexibility index (Phi) is 3.76. The van der Waals surface area contributed by atoms with Crippen molar-refractivity contribution in [1.29, 1.82) is 0 Å². The van der Waals surface area contributed by atoms with Gasteiger partial charge in [0.1, 0.15) is 0 Å². The topological polar surface area (TPSA) is 15.6 Å². The van der Waals surface area contributed by atoms with Crippen LogP contribution in [0.4, 0.5) is 5.69 Å². The summed E-state index contributed by atoms with van der Waals surface area (Å²) < 4.78 is 0. The maximum atomic E-state index is 4.24. The highest BCUT2D eigenvalue weighted by molar-refractivity contribution is 5.89. The Morgan fingerprint density at radius 2 is 2.06 bits per heavy atom.